The van der Waals surface area contributed by atoms with Crippen molar-refractivity contribution in [1.29, 1.82) is 5.41 Å². The summed E-state index contributed by atoms with van der Waals surface area (Å²) in [6, 6.07) is 6.94. The zero-order chi connectivity index (χ0) is 28.3. The molecule has 39 heavy (non-hydrogen) atoms. The second-order valence-electron chi connectivity index (χ2n) is 11.0. The molecular weight excluding hydrogens is 502 g/mol. The van der Waals surface area contributed by atoms with Crippen LogP contribution in [0.15, 0.2) is 29.1 Å². The first kappa shape index (κ1) is 26.6. The van der Waals surface area contributed by atoms with Crippen LogP contribution in [-0.4, -0.2) is 45.0 Å². The summed E-state index contributed by atoms with van der Waals surface area (Å²) < 4.78 is 18.5. The molecule has 4 heterocycles. The zero-order valence-corrected chi connectivity index (χ0v) is 22.6. The van der Waals surface area contributed by atoms with Gasteiger partial charge in [0.1, 0.15) is 24.6 Å². The third-order valence-corrected chi connectivity index (χ3v) is 7.11. The van der Waals surface area contributed by atoms with Crippen molar-refractivity contribution in [1.82, 2.24) is 9.55 Å². The quantitative estimate of drug-likeness (QED) is 0.284. The van der Waals surface area contributed by atoms with Gasteiger partial charge in [0.25, 0.3) is 5.56 Å². The topological polar surface area (TPSA) is 141 Å². The van der Waals surface area contributed by atoms with Crippen molar-refractivity contribution in [3.63, 3.8) is 0 Å². The van der Waals surface area contributed by atoms with Crippen molar-refractivity contribution in [3.05, 3.63) is 56.9 Å². The molecule has 0 fully saturated rings. The lowest BCUT2D eigenvalue weighted by Crippen LogP contribution is -2.44. The number of hydrogen-bond acceptors (Lipinski definition) is 9. The molecule has 204 valence electrons. The molecule has 0 amide bonds. The number of carbonyl (C=O) groups is 2. The second-order valence-corrected chi connectivity index (χ2v) is 11.0. The average Bonchev–Trinajstić information content (AvgIpc) is 3.26. The molecule has 1 aromatic carbocycles. The lowest BCUT2D eigenvalue weighted by atomic mass is 9.86. The molecule has 0 aliphatic carbocycles. The Morgan fingerprint density at radius 2 is 2.03 bits per heavy atom. The van der Waals surface area contributed by atoms with Crippen LogP contribution < -0.4 is 10.3 Å². The lowest BCUT2D eigenvalue weighted by Gasteiger charge is -2.31. The van der Waals surface area contributed by atoms with E-state index >= 15 is 0 Å². The first-order valence-corrected chi connectivity index (χ1v) is 12.9. The summed E-state index contributed by atoms with van der Waals surface area (Å²) >= 11 is 0. The number of nitrogens with zero attached hydrogens (tertiary/aromatic N) is 2. The standard InChI is InChI=1S/C29H31N3O7/c1-6-29(36)20-10-22-23-18(12-32(22)25(33)19(20)14-38-27(29)35)24(17-9-16(11-30)7-8-21(17)31-23)37-13-15(2)26(34)39-28(3,4)5/h7-11,15,30,36H,6,12-14H2,1-5H3. The number of aliphatic hydroxyl groups is 1. The van der Waals surface area contributed by atoms with E-state index in [9.17, 15) is 19.5 Å². The molecular formula is C29H31N3O7. The predicted octanol–water partition coefficient (Wildman–Crippen LogP) is 3.43. The van der Waals surface area contributed by atoms with Crippen molar-refractivity contribution in [2.75, 3.05) is 6.61 Å². The van der Waals surface area contributed by atoms with Crippen LogP contribution in [0.3, 0.4) is 0 Å². The Bertz CT molecular complexity index is 1600. The smallest absolute Gasteiger partial charge is 0.343 e. The second kappa shape index (κ2) is 9.30. The minimum absolute atomic E-state index is 0.0228. The maximum absolute atomic E-state index is 13.6. The Morgan fingerprint density at radius 3 is 2.69 bits per heavy atom. The van der Waals surface area contributed by atoms with E-state index in [2.05, 4.69) is 0 Å². The fraction of sp³-hybridized carbons (Fsp3) is 0.414. The Kier molecular flexibility index (Phi) is 6.33. The maximum Gasteiger partial charge on any atom is 0.343 e. The molecule has 2 aliphatic heterocycles. The van der Waals surface area contributed by atoms with Gasteiger partial charge in [0.05, 0.1) is 34.9 Å². The minimum atomic E-state index is -1.93. The first-order chi connectivity index (χ1) is 18.4. The van der Waals surface area contributed by atoms with Gasteiger partial charge in [-0.1, -0.05) is 13.0 Å². The summed E-state index contributed by atoms with van der Waals surface area (Å²) in [5.74, 6) is -1.30. The number of cyclic esters (lactones) is 1. The summed E-state index contributed by atoms with van der Waals surface area (Å²) in [6.45, 7) is 8.71. The van der Waals surface area contributed by atoms with Crippen LogP contribution in [0.2, 0.25) is 0 Å². The maximum atomic E-state index is 13.6. The number of carbonyl (C=O) groups excluding carboxylic acids is 2. The van der Waals surface area contributed by atoms with E-state index in [1.54, 1.807) is 58.9 Å². The third kappa shape index (κ3) is 4.38. The Hall–Kier alpha value is -4.05. The van der Waals surface area contributed by atoms with E-state index in [-0.39, 0.29) is 42.9 Å². The Balaban J connectivity index is 1.65. The molecule has 2 atom stereocenters. The molecule has 3 aromatic rings. The highest BCUT2D eigenvalue weighted by molar-refractivity contribution is 5.95. The van der Waals surface area contributed by atoms with Gasteiger partial charge in [0, 0.05) is 22.7 Å². The van der Waals surface area contributed by atoms with Crippen LogP contribution in [0.25, 0.3) is 22.3 Å². The van der Waals surface area contributed by atoms with Crippen molar-refractivity contribution in [2.45, 2.75) is 65.4 Å². The van der Waals surface area contributed by atoms with E-state index in [0.717, 1.165) is 0 Å². The van der Waals surface area contributed by atoms with Crippen molar-refractivity contribution in [3.8, 4) is 17.1 Å². The number of benzene rings is 1. The monoisotopic (exact) mass is 533 g/mol. The molecule has 2 unspecified atom stereocenters. The minimum Gasteiger partial charge on any atom is -0.492 e. The van der Waals surface area contributed by atoms with Gasteiger partial charge in [-0.3, -0.25) is 9.59 Å². The molecule has 0 saturated heterocycles. The number of ether oxygens (including phenoxy) is 3. The summed E-state index contributed by atoms with van der Waals surface area (Å²) in [7, 11) is 0. The molecule has 10 heteroatoms. The average molecular weight is 534 g/mol. The third-order valence-electron chi connectivity index (χ3n) is 7.11. The van der Waals surface area contributed by atoms with E-state index in [4.69, 9.17) is 24.6 Å². The van der Waals surface area contributed by atoms with Gasteiger partial charge in [-0.15, -0.1) is 0 Å². The number of pyridine rings is 2. The summed E-state index contributed by atoms with van der Waals surface area (Å²) in [5.41, 5.74) is 0.306. The normalized spacial score (nSPS) is 18.6. The lowest BCUT2D eigenvalue weighted by molar-refractivity contribution is -0.172. The highest BCUT2D eigenvalue weighted by Gasteiger charge is 2.45. The zero-order valence-electron chi connectivity index (χ0n) is 22.6. The molecule has 0 radical (unpaired) electrons. The molecule has 0 bridgehead atoms. The van der Waals surface area contributed by atoms with Crippen molar-refractivity contribution < 1.29 is 28.9 Å². The largest absolute Gasteiger partial charge is 0.492 e. The van der Waals surface area contributed by atoms with Crippen LogP contribution in [0, 0.1) is 11.3 Å². The van der Waals surface area contributed by atoms with Crippen molar-refractivity contribution >= 4 is 29.1 Å². The van der Waals surface area contributed by atoms with E-state index in [1.165, 1.54) is 10.8 Å². The van der Waals surface area contributed by atoms with Crippen LogP contribution in [-0.2, 0) is 37.8 Å². The fourth-order valence-corrected chi connectivity index (χ4v) is 4.99. The van der Waals surface area contributed by atoms with Gasteiger partial charge in [-0.05, 0) is 57.9 Å². The van der Waals surface area contributed by atoms with Gasteiger partial charge in [-0.25, -0.2) is 9.78 Å². The van der Waals surface area contributed by atoms with Gasteiger partial charge >= 0.3 is 11.9 Å². The van der Waals surface area contributed by atoms with E-state index in [0.29, 0.717) is 39.2 Å². The number of esters is 2. The van der Waals surface area contributed by atoms with Crippen molar-refractivity contribution in [2.24, 2.45) is 5.92 Å². The summed E-state index contributed by atoms with van der Waals surface area (Å²) in [5, 5.41) is 19.5. The van der Waals surface area contributed by atoms with Crippen LogP contribution in [0.1, 0.15) is 63.3 Å². The van der Waals surface area contributed by atoms with Gasteiger partial charge in [0.2, 0.25) is 0 Å². The molecule has 2 aliphatic rings. The summed E-state index contributed by atoms with van der Waals surface area (Å²) in [6.07, 6.45) is 1.26. The highest BCUT2D eigenvalue weighted by atomic mass is 16.6. The molecule has 10 nitrogen and oxygen atoms in total. The Labute approximate surface area is 225 Å². The fourth-order valence-electron chi connectivity index (χ4n) is 4.99. The first-order valence-electron chi connectivity index (χ1n) is 12.9. The molecule has 0 spiro atoms. The molecule has 5 rings (SSSR count). The molecule has 0 saturated carbocycles. The van der Waals surface area contributed by atoms with E-state index < -0.39 is 29.1 Å². The number of rotatable bonds is 6. The number of aromatic nitrogens is 2. The molecule has 2 aromatic heterocycles. The van der Waals surface area contributed by atoms with Crippen LogP contribution in [0.4, 0.5) is 0 Å². The van der Waals surface area contributed by atoms with Gasteiger partial charge in [0.15, 0.2) is 5.60 Å². The predicted molar refractivity (Wildman–Crippen MR) is 143 cm³/mol. The SMILES string of the molecule is CCC1(O)C(=O)OCc2c1cc1n(c2=O)Cc2c-1nc1ccc(C=N)cc1c2OCC(C)C(=O)OC(C)(C)C. The number of fused-ring (bicyclic) bond motifs is 5. The van der Waals surface area contributed by atoms with Crippen LogP contribution >= 0.6 is 0 Å². The molecule has 2 N–H and O–H groups in total. The van der Waals surface area contributed by atoms with Crippen LogP contribution in [0.5, 0.6) is 5.75 Å². The number of hydrogen-bond donors (Lipinski definition) is 2. The van der Waals surface area contributed by atoms with E-state index in [1.807, 2.05) is 0 Å². The van der Waals surface area contributed by atoms with Gasteiger partial charge in [-0.2, -0.15) is 0 Å². The van der Waals surface area contributed by atoms with Gasteiger partial charge < -0.3 is 29.3 Å². The summed E-state index contributed by atoms with van der Waals surface area (Å²) in [4.78, 5) is 43.5. The highest BCUT2D eigenvalue weighted by Crippen LogP contribution is 2.43. The Morgan fingerprint density at radius 1 is 1.28 bits per heavy atom. The number of nitrogens with one attached hydrogen (secondary N) is 1.